The third-order valence-electron chi connectivity index (χ3n) is 5.79. The molecule has 0 aromatic carbocycles. The van der Waals surface area contributed by atoms with Crippen LogP contribution >= 0.6 is 0 Å². The van der Waals surface area contributed by atoms with Crippen LogP contribution in [0.4, 0.5) is 0 Å². The van der Waals surface area contributed by atoms with Crippen LogP contribution < -0.4 is 11.0 Å². The van der Waals surface area contributed by atoms with Crippen molar-refractivity contribution in [3.8, 4) is 0 Å². The minimum atomic E-state index is -0.691. The number of ether oxygens (including phenoxy) is 3. The number of aryl methyl sites for hydroxylation is 1. The fourth-order valence-corrected chi connectivity index (χ4v) is 4.14. The highest BCUT2D eigenvalue weighted by Crippen LogP contribution is 2.18. The third kappa shape index (κ3) is 5.13. The maximum atomic E-state index is 13.5. The first-order valence-electron chi connectivity index (χ1n) is 11.7. The van der Waals surface area contributed by atoms with Crippen LogP contribution in [0.1, 0.15) is 35.7 Å². The number of rotatable bonds is 7. The van der Waals surface area contributed by atoms with Crippen LogP contribution in [0.15, 0.2) is 58.7 Å². The molecule has 1 atom stereocenters. The Bertz CT molecular complexity index is 1490. The number of hydrogen-bond acceptors (Lipinski definition) is 7. The van der Waals surface area contributed by atoms with Gasteiger partial charge in [-0.15, -0.1) is 0 Å². The molecule has 0 spiro atoms. The summed E-state index contributed by atoms with van der Waals surface area (Å²) >= 11 is 0. The van der Waals surface area contributed by atoms with Gasteiger partial charge in [0.25, 0.3) is 11.5 Å². The fraction of sp³-hybridized carbons (Fsp3) is 0.346. The van der Waals surface area contributed by atoms with Crippen LogP contribution in [0.25, 0.3) is 16.7 Å². The van der Waals surface area contributed by atoms with E-state index in [2.05, 4.69) is 4.99 Å². The van der Waals surface area contributed by atoms with Crippen molar-refractivity contribution in [1.29, 1.82) is 0 Å². The van der Waals surface area contributed by atoms with E-state index >= 15 is 0 Å². The van der Waals surface area contributed by atoms with E-state index in [9.17, 15) is 14.4 Å². The van der Waals surface area contributed by atoms with Crippen LogP contribution in [-0.4, -0.2) is 52.3 Å². The highest BCUT2D eigenvalue weighted by Gasteiger charge is 2.23. The molecule has 4 heterocycles. The molecule has 1 fully saturated rings. The Balaban J connectivity index is 2.07. The second-order valence-electron chi connectivity index (χ2n) is 8.26. The number of pyridine rings is 2. The molecule has 3 aromatic rings. The fourth-order valence-electron chi connectivity index (χ4n) is 4.14. The number of hydrogen-bond donors (Lipinski definition) is 0. The first-order chi connectivity index (χ1) is 17.4. The average Bonchev–Trinajstić information content (AvgIpc) is 3.37. The molecule has 0 radical (unpaired) electrons. The zero-order chi connectivity index (χ0) is 25.7. The topological polar surface area (TPSA) is 113 Å². The van der Waals surface area contributed by atoms with Gasteiger partial charge in [-0.3, -0.25) is 14.0 Å². The van der Waals surface area contributed by atoms with Gasteiger partial charge in [-0.2, -0.15) is 4.99 Å². The lowest BCUT2D eigenvalue weighted by Crippen LogP contribution is -2.35. The second kappa shape index (κ2) is 11.1. The monoisotopic (exact) mass is 492 g/mol. The van der Waals surface area contributed by atoms with Crippen LogP contribution in [-0.2, 0) is 25.5 Å². The molecule has 36 heavy (non-hydrogen) atoms. The lowest BCUT2D eigenvalue weighted by Gasteiger charge is -2.18. The van der Waals surface area contributed by atoms with Gasteiger partial charge in [-0.05, 0) is 50.5 Å². The summed E-state index contributed by atoms with van der Waals surface area (Å²) in [6.07, 6.45) is 8.80. The van der Waals surface area contributed by atoms with Crippen LogP contribution in [0.2, 0.25) is 0 Å². The number of allylic oxidation sites excluding steroid dienone is 2. The zero-order valence-electron chi connectivity index (χ0n) is 20.5. The smallest absolute Gasteiger partial charge is 0.341 e. The number of carbonyl (C=O) groups excluding carboxylic acids is 2. The Kier molecular flexibility index (Phi) is 7.74. The maximum Gasteiger partial charge on any atom is 0.341 e. The van der Waals surface area contributed by atoms with Gasteiger partial charge in [-0.1, -0.05) is 12.1 Å². The Labute approximate surface area is 207 Å². The highest BCUT2D eigenvalue weighted by atomic mass is 16.5. The molecule has 1 aliphatic rings. The SMILES string of the molecule is CCOC(=O)c1cc2c(=O)n3cccc(C)c3nc2n(CC2CCCO2)c1=NC(=O)/C=C/C=C/OC. The minimum absolute atomic E-state index is 0.00281. The Morgan fingerprint density at radius 2 is 2.14 bits per heavy atom. The molecule has 1 amide bonds. The van der Waals surface area contributed by atoms with E-state index in [0.29, 0.717) is 17.9 Å². The largest absolute Gasteiger partial charge is 0.504 e. The number of fused-ring (bicyclic) bond motifs is 2. The summed E-state index contributed by atoms with van der Waals surface area (Å²) < 4.78 is 19.0. The quantitative estimate of drug-likeness (QED) is 0.164. The number of esters is 1. The van der Waals surface area contributed by atoms with Crippen molar-refractivity contribution in [3.63, 3.8) is 0 Å². The lowest BCUT2D eigenvalue weighted by molar-refractivity contribution is -0.113. The van der Waals surface area contributed by atoms with Gasteiger partial charge < -0.3 is 18.8 Å². The van der Waals surface area contributed by atoms with Crippen molar-refractivity contribution in [2.75, 3.05) is 20.3 Å². The Morgan fingerprint density at radius 3 is 2.86 bits per heavy atom. The van der Waals surface area contributed by atoms with Crippen molar-refractivity contribution in [1.82, 2.24) is 14.0 Å². The molecule has 1 aliphatic heterocycles. The van der Waals surface area contributed by atoms with Crippen LogP contribution in [0.3, 0.4) is 0 Å². The summed E-state index contributed by atoms with van der Waals surface area (Å²) in [4.78, 5) is 48.3. The normalized spacial score (nSPS) is 16.5. The first-order valence-corrected chi connectivity index (χ1v) is 11.7. The van der Waals surface area contributed by atoms with E-state index in [4.69, 9.17) is 19.2 Å². The maximum absolute atomic E-state index is 13.5. The molecule has 0 aliphatic carbocycles. The summed E-state index contributed by atoms with van der Waals surface area (Å²) in [5.41, 5.74) is 1.31. The number of amides is 1. The first kappa shape index (κ1) is 25.1. The van der Waals surface area contributed by atoms with E-state index in [1.165, 1.54) is 42.1 Å². The molecule has 0 saturated carbocycles. The molecule has 1 unspecified atom stereocenters. The summed E-state index contributed by atoms with van der Waals surface area (Å²) in [7, 11) is 1.49. The van der Waals surface area contributed by atoms with Gasteiger partial charge >= 0.3 is 5.97 Å². The molecule has 3 aromatic heterocycles. The van der Waals surface area contributed by atoms with E-state index in [1.54, 1.807) is 23.8 Å². The van der Waals surface area contributed by atoms with Gasteiger partial charge in [0.15, 0.2) is 5.49 Å². The summed E-state index contributed by atoms with van der Waals surface area (Å²) in [5, 5.41) is 0.212. The molecule has 4 rings (SSSR count). The zero-order valence-corrected chi connectivity index (χ0v) is 20.5. The van der Waals surface area contributed by atoms with E-state index in [1.807, 2.05) is 13.0 Å². The number of aromatic nitrogens is 3. The van der Waals surface area contributed by atoms with Gasteiger partial charge in [0, 0.05) is 18.9 Å². The van der Waals surface area contributed by atoms with Crippen LogP contribution in [0.5, 0.6) is 0 Å². The molecule has 10 heteroatoms. The van der Waals surface area contributed by atoms with Gasteiger partial charge in [0.2, 0.25) is 0 Å². The van der Waals surface area contributed by atoms with Gasteiger partial charge in [0.1, 0.15) is 16.9 Å². The molecule has 10 nitrogen and oxygen atoms in total. The van der Waals surface area contributed by atoms with Gasteiger partial charge in [-0.25, -0.2) is 9.78 Å². The third-order valence-corrected chi connectivity index (χ3v) is 5.79. The van der Waals surface area contributed by atoms with E-state index in [-0.39, 0.29) is 41.3 Å². The van der Waals surface area contributed by atoms with Crippen molar-refractivity contribution in [3.05, 3.63) is 75.9 Å². The lowest BCUT2D eigenvalue weighted by atomic mass is 10.1. The standard InChI is InChI=1S/C26H28N4O6/c1-4-35-26(33)20-15-19-23(28-22-17(2)9-7-12-29(22)25(19)32)30(16-18-10-8-14-36-18)24(20)27-21(31)11-5-6-13-34-3/h5-7,9,11-13,15,18H,4,8,10,14,16H2,1-3H3/b11-5+,13-6+,27-24?. The number of carbonyl (C=O) groups is 2. The number of nitrogens with zero attached hydrogens (tertiary/aromatic N) is 4. The molecule has 0 N–H and O–H groups in total. The van der Waals surface area contributed by atoms with E-state index in [0.717, 1.165) is 18.4 Å². The average molecular weight is 493 g/mol. The highest BCUT2D eigenvalue weighted by molar-refractivity contribution is 5.94. The predicted octanol–water partition coefficient (Wildman–Crippen LogP) is 2.46. The summed E-state index contributed by atoms with van der Waals surface area (Å²) in [6.45, 7) is 4.53. The number of methoxy groups -OCH3 is 1. The van der Waals surface area contributed by atoms with Gasteiger partial charge in [0.05, 0.1) is 38.0 Å². The van der Waals surface area contributed by atoms with Crippen molar-refractivity contribution >= 4 is 28.6 Å². The summed E-state index contributed by atoms with van der Waals surface area (Å²) in [6, 6.07) is 5.03. The second-order valence-corrected chi connectivity index (χ2v) is 8.26. The Hall–Kier alpha value is -4.05. The predicted molar refractivity (Wildman–Crippen MR) is 132 cm³/mol. The molecule has 188 valence electrons. The van der Waals surface area contributed by atoms with Crippen molar-refractivity contribution < 1.29 is 23.8 Å². The van der Waals surface area contributed by atoms with Crippen LogP contribution in [0, 0.1) is 6.92 Å². The molecular formula is C26H28N4O6. The summed E-state index contributed by atoms with van der Waals surface area (Å²) in [5.74, 6) is -1.29. The van der Waals surface area contributed by atoms with E-state index < -0.39 is 11.9 Å². The van der Waals surface area contributed by atoms with Crippen molar-refractivity contribution in [2.24, 2.45) is 4.99 Å². The minimum Gasteiger partial charge on any atom is -0.504 e. The Morgan fingerprint density at radius 1 is 1.31 bits per heavy atom. The molecule has 1 saturated heterocycles. The molecular weight excluding hydrogens is 464 g/mol. The van der Waals surface area contributed by atoms with Crippen molar-refractivity contribution in [2.45, 2.75) is 39.3 Å². The molecule has 0 bridgehead atoms.